The monoisotopic (exact) mass is 469 g/mol. The first-order valence-electron chi connectivity index (χ1n) is 11.7. The Labute approximate surface area is 196 Å². The molecule has 0 radical (unpaired) electrons. The summed E-state index contributed by atoms with van der Waals surface area (Å²) in [4.78, 5) is 24.9. The van der Waals surface area contributed by atoms with Crippen LogP contribution in [-0.4, -0.2) is 57.1 Å². The van der Waals surface area contributed by atoms with E-state index in [4.69, 9.17) is 21.3 Å². The van der Waals surface area contributed by atoms with E-state index in [0.717, 1.165) is 58.4 Å². The third-order valence-corrected chi connectivity index (χ3v) is 8.04. The molecule has 3 fully saturated rings. The maximum atomic E-state index is 13.5. The number of fused-ring (bicyclic) bond motifs is 1. The topological polar surface area (TPSA) is 101 Å². The summed E-state index contributed by atoms with van der Waals surface area (Å²) in [5, 5.41) is 11.7. The molecule has 33 heavy (non-hydrogen) atoms. The molecule has 1 saturated carbocycles. The number of hydrogen-bond acceptors (Lipinski definition) is 7. The van der Waals surface area contributed by atoms with E-state index in [0.29, 0.717) is 50.5 Å². The smallest absolute Gasteiger partial charge is 0.266 e. The van der Waals surface area contributed by atoms with Crippen molar-refractivity contribution in [3.63, 3.8) is 0 Å². The molecule has 2 N–H and O–H groups in total. The lowest BCUT2D eigenvalue weighted by Gasteiger charge is -2.39. The van der Waals surface area contributed by atoms with Crippen LogP contribution in [0.2, 0.25) is 5.02 Å². The molecule has 0 atom stereocenters. The van der Waals surface area contributed by atoms with Gasteiger partial charge in [0.25, 0.3) is 5.56 Å². The normalized spacial score (nSPS) is 20.5. The van der Waals surface area contributed by atoms with Gasteiger partial charge in [-0.2, -0.15) is 10.1 Å². The molecule has 9 nitrogen and oxygen atoms in total. The van der Waals surface area contributed by atoms with Crippen molar-refractivity contribution in [1.29, 1.82) is 0 Å². The number of ether oxygens (including phenoxy) is 1. The summed E-state index contributed by atoms with van der Waals surface area (Å²) in [5.74, 6) is 1.30. The fourth-order valence-corrected chi connectivity index (χ4v) is 5.48. The van der Waals surface area contributed by atoms with E-state index in [1.165, 1.54) is 6.42 Å². The standard InChI is InChI=1S/C23H28ClN7O2/c1-30-21(32)16-18(15-5-9-25-20(17(15)24)26-14-3-2-4-14)28-29-19(16)27-22(30)31-10-6-23(7-11-31)8-12-33-13-23/h5,9,14H,2-4,6-8,10-13H2,1H3,(H,25,26)(H,28,29). The van der Waals surface area contributed by atoms with E-state index in [2.05, 4.69) is 25.4 Å². The van der Waals surface area contributed by atoms with E-state index < -0.39 is 0 Å². The Morgan fingerprint density at radius 1 is 1.27 bits per heavy atom. The second-order valence-electron chi connectivity index (χ2n) is 9.65. The van der Waals surface area contributed by atoms with E-state index in [1.807, 2.05) is 0 Å². The summed E-state index contributed by atoms with van der Waals surface area (Å²) < 4.78 is 7.28. The Kier molecular flexibility index (Phi) is 5.06. The predicted molar refractivity (Wildman–Crippen MR) is 128 cm³/mol. The number of pyridine rings is 1. The van der Waals surface area contributed by atoms with Crippen molar-refractivity contribution < 1.29 is 4.74 Å². The lowest BCUT2D eigenvalue weighted by molar-refractivity contribution is 0.133. The van der Waals surface area contributed by atoms with Crippen LogP contribution in [0.1, 0.15) is 38.5 Å². The van der Waals surface area contributed by atoms with E-state index in [9.17, 15) is 4.79 Å². The number of nitrogens with one attached hydrogen (secondary N) is 2. The summed E-state index contributed by atoms with van der Waals surface area (Å²) >= 11 is 6.70. The average Bonchev–Trinajstić information content (AvgIpc) is 3.42. The van der Waals surface area contributed by atoms with Crippen LogP contribution in [0.3, 0.4) is 0 Å². The van der Waals surface area contributed by atoms with Gasteiger partial charge in [0.15, 0.2) is 5.65 Å². The van der Waals surface area contributed by atoms with Gasteiger partial charge in [-0.15, -0.1) is 0 Å². The minimum Gasteiger partial charge on any atom is -0.381 e. The molecule has 0 amide bonds. The Morgan fingerprint density at radius 2 is 2.09 bits per heavy atom. The SMILES string of the molecule is Cn1c(N2CCC3(CCOC3)CC2)nc2[nH]nc(-c3ccnc(NC4CCC4)c3Cl)c2c1=O. The summed E-state index contributed by atoms with van der Waals surface area (Å²) in [5.41, 5.74) is 1.82. The first-order valence-corrected chi connectivity index (χ1v) is 12.1. The average molecular weight is 470 g/mol. The second kappa shape index (κ2) is 7.99. The molecule has 3 aliphatic rings. The Bertz CT molecular complexity index is 1250. The minimum absolute atomic E-state index is 0.135. The van der Waals surface area contributed by atoms with Crippen LogP contribution in [0.4, 0.5) is 11.8 Å². The minimum atomic E-state index is -0.135. The van der Waals surface area contributed by atoms with Gasteiger partial charge in [-0.05, 0) is 50.0 Å². The van der Waals surface area contributed by atoms with Gasteiger partial charge < -0.3 is 15.0 Å². The third kappa shape index (κ3) is 3.49. The van der Waals surface area contributed by atoms with Gasteiger partial charge in [0.2, 0.25) is 5.95 Å². The summed E-state index contributed by atoms with van der Waals surface area (Å²) in [6.07, 6.45) is 8.38. The van der Waals surface area contributed by atoms with Crippen LogP contribution in [0.5, 0.6) is 0 Å². The number of aromatic amines is 1. The molecule has 0 bridgehead atoms. The Hall–Kier alpha value is -2.65. The van der Waals surface area contributed by atoms with Crippen molar-refractivity contribution >= 4 is 34.4 Å². The van der Waals surface area contributed by atoms with E-state index >= 15 is 0 Å². The molecular formula is C23H28ClN7O2. The summed E-state index contributed by atoms with van der Waals surface area (Å²) in [6.45, 7) is 3.43. The van der Waals surface area contributed by atoms with Crippen LogP contribution in [0, 0.1) is 5.41 Å². The Morgan fingerprint density at radius 3 is 2.79 bits per heavy atom. The van der Waals surface area contributed by atoms with Crippen LogP contribution in [0.25, 0.3) is 22.3 Å². The number of rotatable bonds is 4. The highest BCUT2D eigenvalue weighted by atomic mass is 35.5. The van der Waals surface area contributed by atoms with Crippen molar-refractivity contribution in [2.75, 3.05) is 36.5 Å². The van der Waals surface area contributed by atoms with Gasteiger partial charge in [0.05, 0.1) is 11.6 Å². The quantitative estimate of drug-likeness (QED) is 0.604. The third-order valence-electron chi connectivity index (χ3n) is 7.66. The van der Waals surface area contributed by atoms with E-state index in [-0.39, 0.29) is 5.56 Å². The number of piperidine rings is 1. The number of H-pyrrole nitrogens is 1. The number of nitrogens with zero attached hydrogens (tertiary/aromatic N) is 5. The van der Waals surface area contributed by atoms with Crippen molar-refractivity contribution in [2.24, 2.45) is 12.5 Å². The zero-order chi connectivity index (χ0) is 22.6. The van der Waals surface area contributed by atoms with Crippen molar-refractivity contribution in [1.82, 2.24) is 24.7 Å². The number of anilines is 2. The molecule has 0 unspecified atom stereocenters. The molecule has 3 aromatic heterocycles. The molecule has 2 aliphatic heterocycles. The molecule has 174 valence electrons. The molecule has 5 heterocycles. The summed E-state index contributed by atoms with van der Waals surface area (Å²) in [7, 11) is 1.78. The van der Waals surface area contributed by atoms with Gasteiger partial charge in [-0.3, -0.25) is 14.5 Å². The van der Waals surface area contributed by atoms with Gasteiger partial charge >= 0.3 is 0 Å². The number of halogens is 1. The highest BCUT2D eigenvalue weighted by Crippen LogP contribution is 2.40. The molecular weight excluding hydrogens is 442 g/mol. The van der Waals surface area contributed by atoms with Gasteiger partial charge in [0.1, 0.15) is 16.9 Å². The van der Waals surface area contributed by atoms with Crippen molar-refractivity contribution in [3.05, 3.63) is 27.6 Å². The molecule has 2 saturated heterocycles. The molecule has 1 aliphatic carbocycles. The zero-order valence-electron chi connectivity index (χ0n) is 18.7. The molecule has 6 rings (SSSR count). The van der Waals surface area contributed by atoms with Crippen LogP contribution in [0.15, 0.2) is 17.1 Å². The lowest BCUT2D eigenvalue weighted by atomic mass is 9.78. The first kappa shape index (κ1) is 20.9. The summed E-state index contributed by atoms with van der Waals surface area (Å²) in [6, 6.07) is 2.20. The largest absolute Gasteiger partial charge is 0.381 e. The second-order valence-corrected chi connectivity index (χ2v) is 10.0. The van der Waals surface area contributed by atoms with Crippen molar-refractivity contribution in [2.45, 2.75) is 44.6 Å². The maximum Gasteiger partial charge on any atom is 0.266 e. The van der Waals surface area contributed by atoms with Crippen LogP contribution >= 0.6 is 11.6 Å². The fraction of sp³-hybridized carbons (Fsp3) is 0.565. The maximum absolute atomic E-state index is 13.5. The highest BCUT2D eigenvalue weighted by Gasteiger charge is 2.39. The number of hydrogen-bond donors (Lipinski definition) is 2. The molecule has 1 spiro atoms. The van der Waals surface area contributed by atoms with E-state index in [1.54, 1.807) is 23.9 Å². The number of aromatic nitrogens is 5. The van der Waals surface area contributed by atoms with Gasteiger partial charge in [-0.25, -0.2) is 4.98 Å². The van der Waals surface area contributed by atoms with Crippen LogP contribution in [-0.2, 0) is 11.8 Å². The molecule has 10 heteroatoms. The zero-order valence-corrected chi connectivity index (χ0v) is 19.5. The van der Waals surface area contributed by atoms with Crippen LogP contribution < -0.4 is 15.8 Å². The predicted octanol–water partition coefficient (Wildman–Crippen LogP) is 3.34. The molecule has 0 aromatic carbocycles. The molecule has 3 aromatic rings. The van der Waals surface area contributed by atoms with Gasteiger partial charge in [-0.1, -0.05) is 11.6 Å². The van der Waals surface area contributed by atoms with Crippen molar-refractivity contribution in [3.8, 4) is 11.3 Å². The Balaban J connectivity index is 1.34. The lowest BCUT2D eigenvalue weighted by Crippen LogP contribution is -2.43. The fourth-order valence-electron chi connectivity index (χ4n) is 5.23. The van der Waals surface area contributed by atoms with Gasteiger partial charge in [0, 0.05) is 44.5 Å². The first-order chi connectivity index (χ1) is 16.0. The highest BCUT2D eigenvalue weighted by molar-refractivity contribution is 6.36.